The van der Waals surface area contributed by atoms with Gasteiger partial charge in [-0.2, -0.15) is 0 Å². The molecule has 2 nitrogen and oxygen atoms in total. The SMILES string of the molecule is CCN(CC1CCCCN1)C(C)c1c(F)cccc1F. The van der Waals surface area contributed by atoms with Gasteiger partial charge in [0.25, 0.3) is 0 Å². The Balaban J connectivity index is 2.09. The maximum absolute atomic E-state index is 13.9. The summed E-state index contributed by atoms with van der Waals surface area (Å²) in [5.74, 6) is -0.903. The van der Waals surface area contributed by atoms with E-state index in [0.29, 0.717) is 6.04 Å². The van der Waals surface area contributed by atoms with Crippen LogP contribution in [0, 0.1) is 11.6 Å². The van der Waals surface area contributed by atoms with Crippen LogP contribution in [0.25, 0.3) is 0 Å². The Bertz CT molecular complexity index is 410. The Kier molecular flexibility index (Phi) is 5.49. The quantitative estimate of drug-likeness (QED) is 0.889. The molecule has 20 heavy (non-hydrogen) atoms. The monoisotopic (exact) mass is 282 g/mol. The van der Waals surface area contributed by atoms with Crippen molar-refractivity contribution in [2.24, 2.45) is 0 Å². The van der Waals surface area contributed by atoms with E-state index in [-0.39, 0.29) is 11.6 Å². The van der Waals surface area contributed by atoms with Crippen LogP contribution in [0.4, 0.5) is 8.78 Å². The summed E-state index contributed by atoms with van der Waals surface area (Å²) >= 11 is 0. The first-order chi connectivity index (χ1) is 9.63. The van der Waals surface area contributed by atoms with E-state index < -0.39 is 11.6 Å². The summed E-state index contributed by atoms with van der Waals surface area (Å²) < 4.78 is 27.8. The van der Waals surface area contributed by atoms with Crippen molar-refractivity contribution in [2.45, 2.75) is 45.2 Å². The Morgan fingerprint density at radius 2 is 2.00 bits per heavy atom. The van der Waals surface area contributed by atoms with Crippen molar-refractivity contribution in [2.75, 3.05) is 19.6 Å². The molecule has 1 aromatic carbocycles. The molecule has 0 aromatic heterocycles. The lowest BCUT2D eigenvalue weighted by molar-refractivity contribution is 0.178. The molecule has 1 aliphatic heterocycles. The average molecular weight is 282 g/mol. The summed E-state index contributed by atoms with van der Waals surface area (Å²) in [5, 5.41) is 3.49. The number of likely N-dealkylation sites (N-methyl/N-ethyl adjacent to an activating group) is 1. The fourth-order valence-corrected chi connectivity index (χ4v) is 3.02. The lowest BCUT2D eigenvalue weighted by Crippen LogP contribution is -2.44. The molecular weight excluding hydrogens is 258 g/mol. The van der Waals surface area contributed by atoms with Crippen molar-refractivity contribution in [3.8, 4) is 0 Å². The van der Waals surface area contributed by atoms with E-state index >= 15 is 0 Å². The van der Waals surface area contributed by atoms with Gasteiger partial charge >= 0.3 is 0 Å². The van der Waals surface area contributed by atoms with Gasteiger partial charge in [0, 0.05) is 24.2 Å². The van der Waals surface area contributed by atoms with Gasteiger partial charge in [-0.25, -0.2) is 8.78 Å². The molecular formula is C16H24F2N2. The second-order valence-electron chi connectivity index (χ2n) is 5.55. The van der Waals surface area contributed by atoms with Gasteiger partial charge in [-0.3, -0.25) is 4.90 Å². The molecule has 0 spiro atoms. The molecule has 2 unspecified atom stereocenters. The third-order valence-electron chi connectivity index (χ3n) is 4.24. The number of hydrogen-bond acceptors (Lipinski definition) is 2. The zero-order valence-electron chi connectivity index (χ0n) is 12.3. The van der Waals surface area contributed by atoms with Crippen molar-refractivity contribution in [3.63, 3.8) is 0 Å². The Labute approximate surface area is 120 Å². The van der Waals surface area contributed by atoms with Gasteiger partial charge in [0.05, 0.1) is 0 Å². The van der Waals surface area contributed by atoms with E-state index in [0.717, 1.165) is 26.1 Å². The molecule has 1 aliphatic rings. The van der Waals surface area contributed by atoms with Crippen LogP contribution in [-0.4, -0.2) is 30.6 Å². The van der Waals surface area contributed by atoms with Crippen LogP contribution >= 0.6 is 0 Å². The summed E-state index contributed by atoms with van der Waals surface area (Å²) in [6.07, 6.45) is 3.60. The number of benzene rings is 1. The maximum atomic E-state index is 13.9. The van der Waals surface area contributed by atoms with Crippen LogP contribution in [0.1, 0.15) is 44.7 Å². The van der Waals surface area contributed by atoms with E-state index in [2.05, 4.69) is 10.2 Å². The minimum absolute atomic E-state index is 0.185. The van der Waals surface area contributed by atoms with Crippen molar-refractivity contribution < 1.29 is 8.78 Å². The van der Waals surface area contributed by atoms with Gasteiger partial charge < -0.3 is 5.32 Å². The normalized spacial score (nSPS) is 21.1. The molecule has 1 saturated heterocycles. The van der Waals surface area contributed by atoms with E-state index in [9.17, 15) is 8.78 Å². The highest BCUT2D eigenvalue weighted by atomic mass is 19.1. The topological polar surface area (TPSA) is 15.3 Å². The van der Waals surface area contributed by atoms with E-state index in [1.807, 2.05) is 13.8 Å². The summed E-state index contributed by atoms with van der Waals surface area (Å²) in [6.45, 7) is 6.59. The molecule has 0 bridgehead atoms. The zero-order chi connectivity index (χ0) is 14.5. The molecule has 4 heteroatoms. The van der Waals surface area contributed by atoms with Crippen molar-refractivity contribution in [1.29, 1.82) is 0 Å². The van der Waals surface area contributed by atoms with Gasteiger partial charge in [0.1, 0.15) is 11.6 Å². The van der Waals surface area contributed by atoms with Crippen molar-refractivity contribution >= 4 is 0 Å². The summed E-state index contributed by atoms with van der Waals surface area (Å²) in [5.41, 5.74) is 0.185. The lowest BCUT2D eigenvalue weighted by atomic mass is 10.0. The third kappa shape index (κ3) is 3.55. The predicted molar refractivity (Wildman–Crippen MR) is 77.7 cm³/mol. The van der Waals surface area contributed by atoms with Crippen molar-refractivity contribution in [3.05, 3.63) is 35.4 Å². The van der Waals surface area contributed by atoms with Gasteiger partial charge in [0.2, 0.25) is 0 Å². The first kappa shape index (κ1) is 15.4. The van der Waals surface area contributed by atoms with Gasteiger partial charge in [0.15, 0.2) is 0 Å². The highest BCUT2D eigenvalue weighted by Crippen LogP contribution is 2.26. The summed E-state index contributed by atoms with van der Waals surface area (Å²) in [6, 6.07) is 4.27. The minimum Gasteiger partial charge on any atom is -0.313 e. The van der Waals surface area contributed by atoms with E-state index in [1.54, 1.807) is 0 Å². The van der Waals surface area contributed by atoms with E-state index in [4.69, 9.17) is 0 Å². The molecule has 2 rings (SSSR count). The first-order valence-electron chi connectivity index (χ1n) is 7.54. The number of hydrogen-bond donors (Lipinski definition) is 1. The highest BCUT2D eigenvalue weighted by Gasteiger charge is 2.24. The molecule has 0 saturated carbocycles. The number of halogens is 2. The predicted octanol–water partition coefficient (Wildman–Crippen LogP) is 3.49. The second-order valence-corrected chi connectivity index (χ2v) is 5.55. The molecule has 112 valence electrons. The standard InChI is InChI=1S/C16H24F2N2/c1-3-20(11-13-7-4-5-10-19-13)12(2)16-14(17)8-6-9-15(16)18/h6,8-9,12-13,19H,3-5,7,10-11H2,1-2H3. The molecule has 0 radical (unpaired) electrons. The molecule has 1 heterocycles. The van der Waals surface area contributed by atoms with Crippen LogP contribution in [0.15, 0.2) is 18.2 Å². The Morgan fingerprint density at radius 1 is 1.30 bits per heavy atom. The van der Waals surface area contributed by atoms with Crippen LogP contribution < -0.4 is 5.32 Å². The van der Waals surface area contributed by atoms with Crippen LogP contribution in [0.2, 0.25) is 0 Å². The smallest absolute Gasteiger partial charge is 0.130 e. The summed E-state index contributed by atoms with van der Waals surface area (Å²) in [7, 11) is 0. The fourth-order valence-electron chi connectivity index (χ4n) is 3.02. The zero-order valence-corrected chi connectivity index (χ0v) is 12.3. The fraction of sp³-hybridized carbons (Fsp3) is 0.625. The number of nitrogens with one attached hydrogen (secondary N) is 1. The van der Waals surface area contributed by atoms with Crippen LogP contribution in [0.3, 0.4) is 0 Å². The van der Waals surface area contributed by atoms with E-state index in [1.165, 1.54) is 31.0 Å². The highest BCUT2D eigenvalue weighted by molar-refractivity contribution is 5.23. The maximum Gasteiger partial charge on any atom is 0.130 e. The second kappa shape index (κ2) is 7.14. The first-order valence-corrected chi connectivity index (χ1v) is 7.54. The number of rotatable bonds is 5. The molecule has 1 aromatic rings. The number of nitrogens with zero attached hydrogens (tertiary/aromatic N) is 1. The minimum atomic E-state index is -0.451. The third-order valence-corrected chi connectivity index (χ3v) is 4.24. The Morgan fingerprint density at radius 3 is 2.55 bits per heavy atom. The average Bonchev–Trinajstić information content (AvgIpc) is 2.45. The van der Waals surface area contributed by atoms with Crippen LogP contribution in [0.5, 0.6) is 0 Å². The largest absolute Gasteiger partial charge is 0.313 e. The lowest BCUT2D eigenvalue weighted by Gasteiger charge is -2.34. The molecule has 0 aliphatic carbocycles. The molecule has 2 atom stereocenters. The van der Waals surface area contributed by atoms with Crippen LogP contribution in [-0.2, 0) is 0 Å². The summed E-state index contributed by atoms with van der Waals surface area (Å²) in [4.78, 5) is 2.14. The van der Waals surface area contributed by atoms with Gasteiger partial charge in [-0.05, 0) is 45.0 Å². The van der Waals surface area contributed by atoms with Gasteiger partial charge in [-0.15, -0.1) is 0 Å². The molecule has 1 fully saturated rings. The van der Waals surface area contributed by atoms with Gasteiger partial charge in [-0.1, -0.05) is 19.4 Å². The Hall–Kier alpha value is -1.00. The molecule has 1 N–H and O–H groups in total. The van der Waals surface area contributed by atoms with Crippen molar-refractivity contribution in [1.82, 2.24) is 10.2 Å². The molecule has 0 amide bonds. The number of piperidine rings is 1.